The van der Waals surface area contributed by atoms with Gasteiger partial charge in [-0.25, -0.2) is 4.79 Å². The molecule has 0 aliphatic carbocycles. The van der Waals surface area contributed by atoms with Crippen LogP contribution in [-0.4, -0.2) is 35.4 Å². The molecule has 0 aromatic carbocycles. The van der Waals surface area contributed by atoms with Crippen molar-refractivity contribution in [1.82, 2.24) is 10.6 Å². The molecule has 1 amide bonds. The number of alkyl halides is 3. The van der Waals surface area contributed by atoms with Gasteiger partial charge in [0.1, 0.15) is 12.1 Å². The lowest BCUT2D eigenvalue weighted by molar-refractivity contribution is -0.121. The third kappa shape index (κ3) is 9.03. The summed E-state index contributed by atoms with van der Waals surface area (Å²) in [4.78, 5) is 11.2. The minimum absolute atomic E-state index is 0.0989. The molecule has 1 atom stereocenters. The molecule has 0 spiro atoms. The zero-order valence-corrected chi connectivity index (χ0v) is 11.5. The molecule has 0 aromatic rings. The molecule has 8 heteroatoms. The summed E-state index contributed by atoms with van der Waals surface area (Å²) in [5.74, 6) is 0. The normalized spacial score (nSPS) is 13.7. The first-order chi connectivity index (χ1) is 7.91. The first kappa shape index (κ1) is 16.9. The number of rotatable bonds is 3. The first-order valence-electron chi connectivity index (χ1n) is 5.25. The molecule has 18 heavy (non-hydrogen) atoms. The van der Waals surface area contributed by atoms with E-state index in [1.807, 2.05) is 5.32 Å². The van der Waals surface area contributed by atoms with Crippen LogP contribution < -0.4 is 10.6 Å². The average Bonchev–Trinajstić information content (AvgIpc) is 2.09. The molecule has 2 N–H and O–H groups in total. The van der Waals surface area contributed by atoms with Gasteiger partial charge in [-0.15, -0.1) is 0 Å². The number of alkyl carbamates (subject to hydrolysis) is 1. The van der Waals surface area contributed by atoms with E-state index in [9.17, 15) is 18.0 Å². The summed E-state index contributed by atoms with van der Waals surface area (Å²) < 4.78 is 40.7. The van der Waals surface area contributed by atoms with E-state index in [0.717, 1.165) is 0 Å². The highest BCUT2D eigenvalue weighted by Crippen LogP contribution is 2.12. The van der Waals surface area contributed by atoms with E-state index in [4.69, 9.17) is 17.0 Å². The number of hydrogen-bond donors (Lipinski definition) is 2. The summed E-state index contributed by atoms with van der Waals surface area (Å²) >= 11 is 4.72. The van der Waals surface area contributed by atoms with Crippen LogP contribution in [0.3, 0.4) is 0 Å². The molecule has 4 nitrogen and oxygen atoms in total. The molecular formula is C10H17F3N2O2S. The SMILES string of the molecule is C[C@@H](NC(=O)OC(C)(C)C)C(=S)NCC(F)(F)F. The molecule has 106 valence electrons. The van der Waals surface area contributed by atoms with Gasteiger partial charge < -0.3 is 15.4 Å². The van der Waals surface area contributed by atoms with Gasteiger partial charge in [-0.3, -0.25) is 0 Å². The highest BCUT2D eigenvalue weighted by Gasteiger charge is 2.28. The average molecular weight is 286 g/mol. The molecular weight excluding hydrogens is 269 g/mol. The van der Waals surface area contributed by atoms with Crippen molar-refractivity contribution in [1.29, 1.82) is 0 Å². The Labute approximate surface area is 109 Å². The van der Waals surface area contributed by atoms with Crippen molar-refractivity contribution in [3.63, 3.8) is 0 Å². The van der Waals surface area contributed by atoms with Crippen LogP contribution in [-0.2, 0) is 4.74 Å². The Balaban J connectivity index is 4.13. The van der Waals surface area contributed by atoms with Gasteiger partial charge in [0.25, 0.3) is 0 Å². The smallest absolute Gasteiger partial charge is 0.408 e. The summed E-state index contributed by atoms with van der Waals surface area (Å²) in [6.07, 6.45) is -5.08. The van der Waals surface area contributed by atoms with Gasteiger partial charge in [0.05, 0.1) is 11.0 Å². The van der Waals surface area contributed by atoms with Crippen LogP contribution >= 0.6 is 12.2 Å². The molecule has 0 saturated carbocycles. The van der Waals surface area contributed by atoms with E-state index in [-0.39, 0.29) is 4.99 Å². The van der Waals surface area contributed by atoms with Crippen molar-refractivity contribution in [3.8, 4) is 0 Å². The Hall–Kier alpha value is -1.05. The van der Waals surface area contributed by atoms with Gasteiger partial charge in [0.15, 0.2) is 0 Å². The largest absolute Gasteiger partial charge is 0.444 e. The molecule has 0 aliphatic rings. The summed E-state index contributed by atoms with van der Waals surface area (Å²) in [6.45, 7) is 5.27. The number of carbonyl (C=O) groups excluding carboxylic acids is 1. The van der Waals surface area contributed by atoms with Crippen LogP contribution in [0.5, 0.6) is 0 Å². The maximum Gasteiger partial charge on any atom is 0.408 e. The lowest BCUT2D eigenvalue weighted by Crippen LogP contribution is -2.47. The minimum atomic E-state index is -4.35. The lowest BCUT2D eigenvalue weighted by Gasteiger charge is -2.22. The fourth-order valence-electron chi connectivity index (χ4n) is 0.890. The fraction of sp³-hybridized carbons (Fsp3) is 0.800. The summed E-state index contributed by atoms with van der Waals surface area (Å²) in [6, 6.07) is -0.739. The number of nitrogens with one attached hydrogen (secondary N) is 2. The second kappa shape index (κ2) is 6.21. The van der Waals surface area contributed by atoms with Crippen LogP contribution in [0, 0.1) is 0 Å². The summed E-state index contributed by atoms with van der Waals surface area (Å²) in [5, 5.41) is 4.37. The predicted octanol–water partition coefficient (Wildman–Crippen LogP) is 2.38. The number of carbonyl (C=O) groups is 1. The zero-order valence-electron chi connectivity index (χ0n) is 10.6. The molecule has 0 saturated heterocycles. The number of amides is 1. The number of halogens is 3. The van der Waals surface area contributed by atoms with Gasteiger partial charge in [0.2, 0.25) is 0 Å². The van der Waals surface area contributed by atoms with Crippen molar-refractivity contribution in [2.75, 3.05) is 6.54 Å². The number of hydrogen-bond acceptors (Lipinski definition) is 3. The Bertz CT molecular complexity index is 313. The van der Waals surface area contributed by atoms with E-state index < -0.39 is 30.5 Å². The van der Waals surface area contributed by atoms with Gasteiger partial charge in [-0.1, -0.05) is 12.2 Å². The maximum atomic E-state index is 11.9. The van der Waals surface area contributed by atoms with Crippen LogP contribution in [0.2, 0.25) is 0 Å². The molecule has 0 radical (unpaired) electrons. The quantitative estimate of drug-likeness (QED) is 0.782. The maximum absolute atomic E-state index is 11.9. The molecule has 0 unspecified atom stereocenters. The van der Waals surface area contributed by atoms with Crippen LogP contribution in [0.1, 0.15) is 27.7 Å². The fourth-order valence-corrected chi connectivity index (χ4v) is 1.02. The molecule has 0 aromatic heterocycles. The van der Waals surface area contributed by atoms with E-state index in [2.05, 4.69) is 5.32 Å². The molecule has 0 bridgehead atoms. The van der Waals surface area contributed by atoms with Crippen LogP contribution in [0.4, 0.5) is 18.0 Å². The minimum Gasteiger partial charge on any atom is -0.444 e. The van der Waals surface area contributed by atoms with Crippen molar-refractivity contribution >= 4 is 23.3 Å². The first-order valence-corrected chi connectivity index (χ1v) is 5.65. The van der Waals surface area contributed by atoms with Gasteiger partial charge in [-0.2, -0.15) is 13.2 Å². The third-order valence-electron chi connectivity index (χ3n) is 1.59. The Morgan fingerprint density at radius 1 is 1.33 bits per heavy atom. The molecule has 0 rings (SSSR count). The monoisotopic (exact) mass is 286 g/mol. The van der Waals surface area contributed by atoms with Crippen LogP contribution in [0.25, 0.3) is 0 Å². The van der Waals surface area contributed by atoms with E-state index in [1.54, 1.807) is 20.8 Å². The van der Waals surface area contributed by atoms with Crippen LogP contribution in [0.15, 0.2) is 0 Å². The standard InChI is InChI=1S/C10H17F3N2O2S/c1-6(7(18)14-5-10(11,12)13)15-8(16)17-9(2,3)4/h6H,5H2,1-4H3,(H,14,18)(H,15,16)/t6-/m1/s1. The highest BCUT2D eigenvalue weighted by molar-refractivity contribution is 7.80. The third-order valence-corrected chi connectivity index (χ3v) is 2.09. The van der Waals surface area contributed by atoms with Gasteiger partial charge in [-0.05, 0) is 27.7 Å². The van der Waals surface area contributed by atoms with Crippen molar-refractivity contribution in [2.24, 2.45) is 0 Å². The number of ether oxygens (including phenoxy) is 1. The Morgan fingerprint density at radius 2 is 1.83 bits per heavy atom. The molecule has 0 heterocycles. The number of thiocarbonyl (C=S) groups is 1. The van der Waals surface area contributed by atoms with Gasteiger partial charge >= 0.3 is 12.3 Å². The molecule has 0 aliphatic heterocycles. The highest BCUT2D eigenvalue weighted by atomic mass is 32.1. The second-order valence-electron chi connectivity index (χ2n) is 4.70. The lowest BCUT2D eigenvalue weighted by atomic mass is 10.2. The predicted molar refractivity (Wildman–Crippen MR) is 65.5 cm³/mol. The second-order valence-corrected chi connectivity index (χ2v) is 5.14. The molecule has 0 fully saturated rings. The summed E-state index contributed by atoms with van der Waals surface area (Å²) in [7, 11) is 0. The van der Waals surface area contributed by atoms with E-state index in [1.165, 1.54) is 6.92 Å². The topological polar surface area (TPSA) is 50.4 Å². The van der Waals surface area contributed by atoms with Crippen molar-refractivity contribution in [3.05, 3.63) is 0 Å². The van der Waals surface area contributed by atoms with E-state index in [0.29, 0.717) is 0 Å². The summed E-state index contributed by atoms with van der Waals surface area (Å²) in [5.41, 5.74) is -0.676. The Morgan fingerprint density at radius 3 is 2.22 bits per heavy atom. The zero-order chi connectivity index (χ0) is 14.6. The Kier molecular flexibility index (Phi) is 5.85. The van der Waals surface area contributed by atoms with Crippen molar-refractivity contribution in [2.45, 2.75) is 45.5 Å². The van der Waals surface area contributed by atoms with Crippen molar-refractivity contribution < 1.29 is 22.7 Å². The van der Waals surface area contributed by atoms with Gasteiger partial charge in [0, 0.05) is 0 Å². The van der Waals surface area contributed by atoms with E-state index >= 15 is 0 Å².